The van der Waals surface area contributed by atoms with Gasteiger partial charge in [-0.05, 0) is 25.7 Å². The summed E-state index contributed by atoms with van der Waals surface area (Å²) in [6.45, 7) is 0.133. The van der Waals surface area contributed by atoms with Crippen molar-refractivity contribution in [3.8, 4) is 0 Å². The van der Waals surface area contributed by atoms with Gasteiger partial charge >= 0.3 is 0 Å². The summed E-state index contributed by atoms with van der Waals surface area (Å²) in [5.41, 5.74) is 5.61. The molecule has 0 radical (unpaired) electrons. The van der Waals surface area contributed by atoms with Gasteiger partial charge in [0.25, 0.3) is 0 Å². The Balaban J connectivity index is 2.24. The summed E-state index contributed by atoms with van der Waals surface area (Å²) in [4.78, 5) is 15.2. The van der Waals surface area contributed by atoms with Crippen molar-refractivity contribution in [3.05, 3.63) is 0 Å². The van der Waals surface area contributed by atoms with Gasteiger partial charge in [-0.1, -0.05) is 0 Å². The Morgan fingerprint density at radius 2 is 1.82 bits per heavy atom. The third kappa shape index (κ3) is 5.04. The maximum Gasteiger partial charge on any atom is 0.246 e. The second-order valence-electron chi connectivity index (χ2n) is 4.30. The lowest BCUT2D eigenvalue weighted by atomic mass is 9.91. The van der Waals surface area contributed by atoms with Gasteiger partial charge in [0.1, 0.15) is 6.61 Å². The lowest BCUT2D eigenvalue weighted by Crippen LogP contribution is -2.46. The quantitative estimate of drug-likeness (QED) is 0.462. The lowest BCUT2D eigenvalue weighted by molar-refractivity contribution is -0.125. The fourth-order valence-corrected chi connectivity index (χ4v) is 2.06. The molecule has 1 amide bonds. The third-order valence-corrected chi connectivity index (χ3v) is 2.96. The van der Waals surface area contributed by atoms with Crippen molar-refractivity contribution >= 4 is 11.9 Å². The Morgan fingerprint density at radius 1 is 1.29 bits per heavy atom. The Bertz CT molecular complexity index is 273. The van der Waals surface area contributed by atoms with E-state index in [0.29, 0.717) is 12.0 Å². The van der Waals surface area contributed by atoms with Gasteiger partial charge in [-0.25, -0.2) is 0 Å². The first-order valence-electron chi connectivity index (χ1n) is 5.92. The second-order valence-corrected chi connectivity index (χ2v) is 4.30. The second kappa shape index (κ2) is 7.11. The van der Waals surface area contributed by atoms with E-state index in [0.717, 1.165) is 25.7 Å². The van der Waals surface area contributed by atoms with Crippen LogP contribution in [0.4, 0.5) is 0 Å². The molecule has 0 atom stereocenters. The van der Waals surface area contributed by atoms with Crippen molar-refractivity contribution in [2.24, 2.45) is 10.7 Å². The van der Waals surface area contributed by atoms with Gasteiger partial charge in [0.2, 0.25) is 5.91 Å². The maximum atomic E-state index is 11.3. The van der Waals surface area contributed by atoms with E-state index in [1.54, 1.807) is 7.05 Å². The normalized spacial score (nSPS) is 25.4. The van der Waals surface area contributed by atoms with Crippen LogP contribution in [-0.4, -0.2) is 44.7 Å². The molecule has 4 N–H and O–H groups in total. The van der Waals surface area contributed by atoms with Crippen LogP contribution < -0.4 is 16.4 Å². The van der Waals surface area contributed by atoms with E-state index in [-0.39, 0.29) is 18.6 Å². The van der Waals surface area contributed by atoms with Crippen LogP contribution in [0.25, 0.3) is 0 Å². The zero-order valence-electron chi connectivity index (χ0n) is 10.5. The number of guanidine groups is 1. The molecule has 17 heavy (non-hydrogen) atoms. The van der Waals surface area contributed by atoms with Crippen LogP contribution in [0.5, 0.6) is 0 Å². The molecule has 0 aromatic heterocycles. The number of ether oxygens (including phenoxy) is 1. The predicted octanol–water partition coefficient (Wildman–Crippen LogP) is -0.406. The minimum absolute atomic E-state index is 0.0430. The highest BCUT2D eigenvalue weighted by molar-refractivity contribution is 5.78. The molecular weight excluding hydrogens is 220 g/mol. The number of amides is 1. The topological polar surface area (TPSA) is 88.7 Å². The molecule has 0 heterocycles. The van der Waals surface area contributed by atoms with Gasteiger partial charge in [0.15, 0.2) is 5.96 Å². The van der Waals surface area contributed by atoms with Crippen molar-refractivity contribution < 1.29 is 9.53 Å². The Morgan fingerprint density at radius 3 is 2.29 bits per heavy atom. The number of carbonyl (C=O) groups is 1. The summed E-state index contributed by atoms with van der Waals surface area (Å²) in [5, 5.41) is 6.11. The van der Waals surface area contributed by atoms with Gasteiger partial charge in [-0.3, -0.25) is 9.79 Å². The number of nitrogens with two attached hydrogens (primary N) is 1. The molecule has 1 fully saturated rings. The number of rotatable bonds is 4. The number of nitrogens with one attached hydrogen (secondary N) is 2. The number of aliphatic imine (C=N–C) groups is 1. The van der Waals surface area contributed by atoms with E-state index >= 15 is 0 Å². The smallest absolute Gasteiger partial charge is 0.246 e. The van der Waals surface area contributed by atoms with Gasteiger partial charge in [0.05, 0.1) is 0 Å². The van der Waals surface area contributed by atoms with E-state index in [1.807, 2.05) is 0 Å². The number of methoxy groups -OCH3 is 1. The van der Waals surface area contributed by atoms with Crippen LogP contribution in [0.3, 0.4) is 0 Å². The summed E-state index contributed by atoms with van der Waals surface area (Å²) in [5.74, 6) is 0.440. The van der Waals surface area contributed by atoms with Crippen LogP contribution >= 0.6 is 0 Å². The number of carbonyl (C=O) groups excluding carboxylic acids is 1. The van der Waals surface area contributed by atoms with Crippen LogP contribution in [0.15, 0.2) is 4.99 Å². The first kappa shape index (κ1) is 13.8. The van der Waals surface area contributed by atoms with E-state index in [1.165, 1.54) is 7.11 Å². The molecule has 6 heteroatoms. The molecule has 1 rings (SSSR count). The van der Waals surface area contributed by atoms with Crippen LogP contribution in [0.2, 0.25) is 0 Å². The summed E-state index contributed by atoms with van der Waals surface area (Å²) in [6.07, 6.45) is 3.91. The van der Waals surface area contributed by atoms with Gasteiger partial charge < -0.3 is 21.1 Å². The summed E-state index contributed by atoms with van der Waals surface area (Å²) >= 11 is 0. The highest BCUT2D eigenvalue weighted by atomic mass is 16.5. The summed E-state index contributed by atoms with van der Waals surface area (Å²) < 4.78 is 4.78. The number of hydrogen-bond donors (Lipinski definition) is 3. The van der Waals surface area contributed by atoms with E-state index in [2.05, 4.69) is 15.6 Å². The highest BCUT2D eigenvalue weighted by Gasteiger charge is 2.22. The lowest BCUT2D eigenvalue weighted by Gasteiger charge is -2.29. The van der Waals surface area contributed by atoms with Crippen molar-refractivity contribution in [1.29, 1.82) is 0 Å². The highest BCUT2D eigenvalue weighted by Crippen LogP contribution is 2.18. The molecule has 0 bridgehead atoms. The van der Waals surface area contributed by atoms with E-state index < -0.39 is 0 Å². The summed E-state index contributed by atoms with van der Waals surface area (Å²) in [6, 6.07) is 0.629. The fraction of sp³-hybridized carbons (Fsp3) is 0.818. The minimum atomic E-state index is -0.0430. The van der Waals surface area contributed by atoms with Crippen LogP contribution in [0.1, 0.15) is 25.7 Å². The predicted molar refractivity (Wildman–Crippen MR) is 66.7 cm³/mol. The van der Waals surface area contributed by atoms with Crippen molar-refractivity contribution in [1.82, 2.24) is 10.6 Å². The van der Waals surface area contributed by atoms with Crippen LogP contribution in [-0.2, 0) is 9.53 Å². The molecule has 1 aliphatic rings. The van der Waals surface area contributed by atoms with Crippen molar-refractivity contribution in [2.75, 3.05) is 20.8 Å². The molecule has 1 aliphatic carbocycles. The first-order chi connectivity index (χ1) is 8.15. The van der Waals surface area contributed by atoms with Crippen molar-refractivity contribution in [2.45, 2.75) is 37.8 Å². The zero-order chi connectivity index (χ0) is 12.7. The van der Waals surface area contributed by atoms with E-state index in [9.17, 15) is 4.79 Å². The van der Waals surface area contributed by atoms with Crippen molar-refractivity contribution in [3.63, 3.8) is 0 Å². The largest absolute Gasteiger partial charge is 0.375 e. The molecule has 0 saturated heterocycles. The average molecular weight is 242 g/mol. The van der Waals surface area contributed by atoms with E-state index in [4.69, 9.17) is 10.5 Å². The molecule has 98 valence electrons. The molecule has 1 saturated carbocycles. The monoisotopic (exact) mass is 242 g/mol. The SMILES string of the molecule is CN=C(N)NC1CCC(NC(=O)COC)CC1. The standard InChI is InChI=1S/C11H22N4O2/c1-13-11(12)15-9-5-3-8(4-6-9)14-10(16)7-17-2/h8-9H,3-7H2,1-2H3,(H,14,16)(H3,12,13,15). The Labute approximate surface area is 102 Å². The summed E-state index contributed by atoms with van der Waals surface area (Å²) in [7, 11) is 3.19. The molecule has 0 unspecified atom stereocenters. The third-order valence-electron chi connectivity index (χ3n) is 2.96. The molecular formula is C11H22N4O2. The van der Waals surface area contributed by atoms with Gasteiger partial charge in [-0.2, -0.15) is 0 Å². The minimum Gasteiger partial charge on any atom is -0.375 e. The molecule has 0 aromatic rings. The van der Waals surface area contributed by atoms with Gasteiger partial charge in [0, 0.05) is 26.2 Å². The maximum absolute atomic E-state index is 11.3. The average Bonchev–Trinajstić information content (AvgIpc) is 2.32. The van der Waals surface area contributed by atoms with Gasteiger partial charge in [-0.15, -0.1) is 0 Å². The molecule has 0 aromatic carbocycles. The van der Waals surface area contributed by atoms with Crippen LogP contribution in [0, 0.1) is 0 Å². The molecule has 0 aliphatic heterocycles. The zero-order valence-corrected chi connectivity index (χ0v) is 10.5. The number of nitrogens with zero attached hydrogens (tertiary/aromatic N) is 1. The fourth-order valence-electron chi connectivity index (χ4n) is 2.06. The Hall–Kier alpha value is -1.30. The first-order valence-corrected chi connectivity index (χ1v) is 5.92. The molecule has 0 spiro atoms. The molecule has 6 nitrogen and oxygen atoms in total. The Kier molecular flexibility index (Phi) is 5.76. The number of hydrogen-bond acceptors (Lipinski definition) is 3.